The molecule has 0 radical (unpaired) electrons. The zero-order chi connectivity index (χ0) is 8.69. The number of rotatable bonds is 0. The highest BCUT2D eigenvalue weighted by atomic mass is 79.9. The molecule has 1 aromatic heterocycles. The lowest BCUT2D eigenvalue weighted by atomic mass is 10.4. The second-order valence-corrected chi connectivity index (χ2v) is 3.58. The van der Waals surface area contributed by atoms with Crippen LogP contribution in [0.1, 0.15) is 0 Å². The Morgan fingerprint density at radius 3 is 2.27 bits per heavy atom. The molecule has 62 valence electrons. The maximum atomic E-state index is 5.37. The Hall–Kier alpha value is -0.220. The first kappa shape index (κ1) is 10.8. The fraction of sp³-hybridized carbons (Fsp3) is 0.286. The number of pyridine rings is 1. The number of thioether (sulfide) groups is 1. The van der Waals surface area contributed by atoms with Gasteiger partial charge in [0.2, 0.25) is 0 Å². The van der Waals surface area contributed by atoms with Gasteiger partial charge in [0.15, 0.2) is 0 Å². The van der Waals surface area contributed by atoms with Gasteiger partial charge in [-0.1, -0.05) is 0 Å². The van der Waals surface area contributed by atoms with Gasteiger partial charge in [-0.15, -0.1) is 0 Å². The molecule has 0 aliphatic rings. The van der Waals surface area contributed by atoms with Crippen LogP contribution in [0.2, 0.25) is 0 Å². The molecule has 0 unspecified atom stereocenters. The molecule has 0 atom stereocenters. The monoisotopic (exact) mass is 234 g/mol. The molecule has 1 heterocycles. The molecular formula is C7H11BrN2S. The normalized spacial score (nSPS) is 8.27. The Bertz CT molecular complexity index is 188. The molecule has 0 aromatic carbocycles. The molecule has 0 amide bonds. The fourth-order valence-electron chi connectivity index (χ4n) is 0.428. The maximum absolute atomic E-state index is 5.37. The summed E-state index contributed by atoms with van der Waals surface area (Å²) < 4.78 is 0.914. The number of nitrogens with zero attached hydrogens (tertiary/aromatic N) is 1. The first-order chi connectivity index (χ1) is 5.20. The van der Waals surface area contributed by atoms with Crippen LogP contribution in [-0.4, -0.2) is 17.5 Å². The van der Waals surface area contributed by atoms with Crippen molar-refractivity contribution in [2.45, 2.75) is 0 Å². The van der Waals surface area contributed by atoms with Crippen molar-refractivity contribution < 1.29 is 0 Å². The summed E-state index contributed by atoms with van der Waals surface area (Å²) >= 11 is 4.97. The first-order valence-electron chi connectivity index (χ1n) is 2.97. The molecule has 0 saturated heterocycles. The van der Waals surface area contributed by atoms with Crippen LogP contribution in [0, 0.1) is 0 Å². The lowest BCUT2D eigenvalue weighted by molar-refractivity contribution is 1.31. The van der Waals surface area contributed by atoms with Crippen molar-refractivity contribution in [2.24, 2.45) is 0 Å². The molecular weight excluding hydrogens is 224 g/mol. The van der Waals surface area contributed by atoms with E-state index in [2.05, 4.69) is 20.9 Å². The van der Waals surface area contributed by atoms with E-state index >= 15 is 0 Å². The second kappa shape index (κ2) is 6.49. The number of hydrogen-bond donors (Lipinski definition) is 1. The number of halogens is 1. The summed E-state index contributed by atoms with van der Waals surface area (Å²) in [6, 6.07) is 1.80. The molecule has 4 heteroatoms. The van der Waals surface area contributed by atoms with E-state index < -0.39 is 0 Å². The van der Waals surface area contributed by atoms with E-state index in [-0.39, 0.29) is 0 Å². The average molecular weight is 235 g/mol. The second-order valence-electron chi connectivity index (χ2n) is 1.84. The molecule has 0 bridgehead atoms. The topological polar surface area (TPSA) is 38.9 Å². The maximum Gasteiger partial charge on any atom is 0.0511 e. The first-order valence-corrected chi connectivity index (χ1v) is 5.39. The molecule has 0 aliphatic heterocycles. The number of anilines is 1. The summed E-state index contributed by atoms with van der Waals surface area (Å²) in [5.41, 5.74) is 6.05. The van der Waals surface area contributed by atoms with E-state index in [0.717, 1.165) is 4.47 Å². The van der Waals surface area contributed by atoms with E-state index in [4.69, 9.17) is 5.73 Å². The summed E-state index contributed by atoms with van der Waals surface area (Å²) in [5, 5.41) is 0. The minimum Gasteiger partial charge on any atom is -0.397 e. The molecule has 1 aromatic rings. The third-order valence-electron chi connectivity index (χ3n) is 0.726. The van der Waals surface area contributed by atoms with Crippen LogP contribution in [0.5, 0.6) is 0 Å². The molecule has 0 aliphatic carbocycles. The van der Waals surface area contributed by atoms with Gasteiger partial charge in [0.05, 0.1) is 5.69 Å². The highest BCUT2D eigenvalue weighted by molar-refractivity contribution is 9.10. The van der Waals surface area contributed by atoms with Gasteiger partial charge in [-0.2, -0.15) is 11.8 Å². The quantitative estimate of drug-likeness (QED) is 0.750. The highest BCUT2D eigenvalue weighted by Gasteiger charge is 1.84. The predicted molar refractivity (Wildman–Crippen MR) is 55.8 cm³/mol. The van der Waals surface area contributed by atoms with Crippen molar-refractivity contribution >= 4 is 33.4 Å². The van der Waals surface area contributed by atoms with Gasteiger partial charge in [0.1, 0.15) is 0 Å². The summed E-state index contributed by atoms with van der Waals surface area (Å²) in [4.78, 5) is 3.81. The zero-order valence-electron chi connectivity index (χ0n) is 6.54. The van der Waals surface area contributed by atoms with Gasteiger partial charge < -0.3 is 5.73 Å². The van der Waals surface area contributed by atoms with E-state index in [9.17, 15) is 0 Å². The summed E-state index contributed by atoms with van der Waals surface area (Å²) in [7, 11) is 0. The van der Waals surface area contributed by atoms with Gasteiger partial charge in [-0.25, -0.2) is 0 Å². The van der Waals surface area contributed by atoms with Gasteiger partial charge in [-0.3, -0.25) is 4.98 Å². The Labute approximate surface area is 79.7 Å². The van der Waals surface area contributed by atoms with Crippen LogP contribution >= 0.6 is 27.7 Å². The van der Waals surface area contributed by atoms with E-state index in [1.54, 1.807) is 30.2 Å². The number of nitrogens with two attached hydrogens (primary N) is 1. The number of aromatic nitrogens is 1. The lowest BCUT2D eigenvalue weighted by Gasteiger charge is -1.88. The van der Waals surface area contributed by atoms with Crippen molar-refractivity contribution in [3.63, 3.8) is 0 Å². The van der Waals surface area contributed by atoms with E-state index in [0.29, 0.717) is 5.69 Å². The third kappa shape index (κ3) is 6.19. The van der Waals surface area contributed by atoms with Crippen molar-refractivity contribution in [2.75, 3.05) is 18.2 Å². The molecule has 2 N–H and O–H groups in total. The Kier molecular flexibility index (Phi) is 6.36. The van der Waals surface area contributed by atoms with Crippen molar-refractivity contribution in [3.05, 3.63) is 22.9 Å². The van der Waals surface area contributed by atoms with Gasteiger partial charge >= 0.3 is 0 Å². The smallest absolute Gasteiger partial charge is 0.0511 e. The average Bonchev–Trinajstić information content (AvgIpc) is 1.88. The van der Waals surface area contributed by atoms with Gasteiger partial charge in [0, 0.05) is 16.9 Å². The van der Waals surface area contributed by atoms with Crippen LogP contribution in [0.3, 0.4) is 0 Å². The van der Waals surface area contributed by atoms with Crippen LogP contribution in [0.15, 0.2) is 22.9 Å². The van der Waals surface area contributed by atoms with Crippen LogP contribution in [0.25, 0.3) is 0 Å². The molecule has 0 fully saturated rings. The van der Waals surface area contributed by atoms with Crippen molar-refractivity contribution in [1.29, 1.82) is 0 Å². The minimum atomic E-state index is 0.680. The lowest BCUT2D eigenvalue weighted by Crippen LogP contribution is -1.83. The standard InChI is InChI=1S/C5H5BrN2.C2H6S/c6-4-1-5(7)3-8-2-4;1-3-2/h1-3H,7H2;1-2H3. The van der Waals surface area contributed by atoms with Gasteiger partial charge in [-0.05, 0) is 34.5 Å². The predicted octanol–water partition coefficient (Wildman–Crippen LogP) is 2.41. The Balaban J connectivity index is 0.000000292. The van der Waals surface area contributed by atoms with Crippen LogP contribution in [-0.2, 0) is 0 Å². The van der Waals surface area contributed by atoms with E-state index in [1.807, 2.05) is 12.5 Å². The molecule has 1 rings (SSSR count). The molecule has 0 saturated carbocycles. The third-order valence-corrected chi connectivity index (χ3v) is 1.16. The van der Waals surface area contributed by atoms with Crippen molar-refractivity contribution in [3.8, 4) is 0 Å². The van der Waals surface area contributed by atoms with Crippen LogP contribution in [0.4, 0.5) is 5.69 Å². The Morgan fingerprint density at radius 2 is 2.00 bits per heavy atom. The molecule has 0 spiro atoms. The SMILES string of the molecule is CSC.Nc1cncc(Br)c1. The van der Waals surface area contributed by atoms with Crippen LogP contribution < -0.4 is 5.73 Å². The fourth-order valence-corrected chi connectivity index (χ4v) is 0.811. The Morgan fingerprint density at radius 1 is 1.45 bits per heavy atom. The van der Waals surface area contributed by atoms with Crippen molar-refractivity contribution in [1.82, 2.24) is 4.98 Å². The molecule has 2 nitrogen and oxygen atoms in total. The summed E-state index contributed by atoms with van der Waals surface area (Å²) in [6.45, 7) is 0. The zero-order valence-corrected chi connectivity index (χ0v) is 8.95. The summed E-state index contributed by atoms with van der Waals surface area (Å²) in [6.07, 6.45) is 7.38. The number of nitrogen functional groups attached to an aromatic ring is 1. The largest absolute Gasteiger partial charge is 0.397 e. The highest BCUT2D eigenvalue weighted by Crippen LogP contribution is 2.09. The van der Waals surface area contributed by atoms with Gasteiger partial charge in [0.25, 0.3) is 0 Å². The van der Waals surface area contributed by atoms with E-state index in [1.165, 1.54) is 0 Å². The minimum absolute atomic E-state index is 0.680. The summed E-state index contributed by atoms with van der Waals surface area (Å²) in [5.74, 6) is 0. The molecule has 11 heavy (non-hydrogen) atoms. The number of hydrogen-bond acceptors (Lipinski definition) is 3.